The smallest absolute Gasteiger partial charge is 0.240 e. The van der Waals surface area contributed by atoms with Crippen molar-refractivity contribution < 1.29 is 9.32 Å². The normalized spacial score (nSPS) is 12.3. The van der Waals surface area contributed by atoms with Gasteiger partial charge in [-0.2, -0.15) is 0 Å². The second-order valence-electron chi connectivity index (χ2n) is 3.49. The molecule has 3 N–H and O–H groups in total. The highest BCUT2D eigenvalue weighted by molar-refractivity contribution is 8.02. The van der Waals surface area contributed by atoms with Crippen molar-refractivity contribution in [2.24, 2.45) is 0 Å². The number of thioether (sulfide) groups is 1. The summed E-state index contributed by atoms with van der Waals surface area (Å²) in [5.74, 6) is 0.145. The number of nitrogens with two attached hydrogens (primary N) is 1. The predicted molar refractivity (Wildman–Crippen MR) is 69.5 cm³/mol. The van der Waals surface area contributed by atoms with Gasteiger partial charge in [-0.15, -0.1) is 10.2 Å². The summed E-state index contributed by atoms with van der Waals surface area (Å²) in [6.45, 7) is 3.54. The van der Waals surface area contributed by atoms with Crippen LogP contribution in [0.15, 0.2) is 14.9 Å². The van der Waals surface area contributed by atoms with Crippen LogP contribution in [0.5, 0.6) is 0 Å². The summed E-state index contributed by atoms with van der Waals surface area (Å²) in [4.78, 5) is 11.8. The molecular formula is C9H11N5O2S2. The highest BCUT2D eigenvalue weighted by atomic mass is 32.2. The van der Waals surface area contributed by atoms with Crippen molar-refractivity contribution in [3.8, 4) is 0 Å². The molecule has 0 aromatic carbocycles. The fraction of sp³-hybridized carbons (Fsp3) is 0.333. The van der Waals surface area contributed by atoms with Crippen LogP contribution in [-0.2, 0) is 4.79 Å². The van der Waals surface area contributed by atoms with E-state index < -0.39 is 0 Å². The van der Waals surface area contributed by atoms with Crippen LogP contribution in [0.2, 0.25) is 0 Å². The molecule has 1 amide bonds. The molecule has 0 aliphatic rings. The SMILES string of the molecule is Cc1cc(NC(=O)C(C)Sc2nnc(N)s2)on1. The standard InChI is InChI=1S/C9H11N5O2S2/c1-4-3-6(16-14-4)11-7(15)5(2)17-9-13-12-8(10)18-9/h3,5H,1-2H3,(H2,10,12)(H,11,15). The maximum absolute atomic E-state index is 11.8. The maximum atomic E-state index is 11.8. The lowest BCUT2D eigenvalue weighted by Crippen LogP contribution is -2.22. The lowest BCUT2D eigenvalue weighted by Gasteiger charge is -2.07. The van der Waals surface area contributed by atoms with E-state index >= 15 is 0 Å². The first-order valence-corrected chi connectivity index (χ1v) is 6.74. The molecule has 0 aliphatic carbocycles. The third kappa shape index (κ3) is 3.20. The van der Waals surface area contributed by atoms with Gasteiger partial charge in [-0.25, -0.2) is 0 Å². The van der Waals surface area contributed by atoms with Gasteiger partial charge in [0.1, 0.15) is 0 Å². The largest absolute Gasteiger partial charge is 0.374 e. The Kier molecular flexibility index (Phi) is 3.82. The maximum Gasteiger partial charge on any atom is 0.240 e. The Labute approximate surface area is 111 Å². The highest BCUT2D eigenvalue weighted by Crippen LogP contribution is 2.28. The van der Waals surface area contributed by atoms with Gasteiger partial charge in [-0.3, -0.25) is 10.1 Å². The molecule has 1 unspecified atom stereocenters. The molecule has 9 heteroatoms. The molecule has 2 aromatic rings. The van der Waals surface area contributed by atoms with Crippen molar-refractivity contribution in [1.82, 2.24) is 15.4 Å². The van der Waals surface area contributed by atoms with Crippen LogP contribution in [0.4, 0.5) is 11.0 Å². The molecule has 0 bridgehead atoms. The van der Waals surface area contributed by atoms with Gasteiger partial charge in [0.15, 0.2) is 4.34 Å². The fourth-order valence-electron chi connectivity index (χ4n) is 1.12. The van der Waals surface area contributed by atoms with Crippen LogP contribution in [0, 0.1) is 6.92 Å². The number of amides is 1. The van der Waals surface area contributed by atoms with Gasteiger partial charge in [-0.1, -0.05) is 28.3 Å². The fourth-order valence-corrected chi connectivity index (χ4v) is 2.90. The molecule has 2 aromatic heterocycles. The van der Waals surface area contributed by atoms with Crippen LogP contribution in [-0.4, -0.2) is 26.5 Å². The minimum absolute atomic E-state index is 0.190. The Hall–Kier alpha value is -1.61. The van der Waals surface area contributed by atoms with Crippen molar-refractivity contribution in [3.05, 3.63) is 11.8 Å². The Morgan fingerprint density at radius 2 is 2.39 bits per heavy atom. The zero-order chi connectivity index (χ0) is 13.1. The number of anilines is 2. The van der Waals surface area contributed by atoms with E-state index in [0.717, 1.165) is 0 Å². The number of aromatic nitrogens is 3. The van der Waals surface area contributed by atoms with Gasteiger partial charge in [-0.05, 0) is 13.8 Å². The van der Waals surface area contributed by atoms with Crippen LogP contribution in [0.3, 0.4) is 0 Å². The Bertz CT molecular complexity index is 553. The lowest BCUT2D eigenvalue weighted by molar-refractivity contribution is -0.115. The van der Waals surface area contributed by atoms with E-state index in [9.17, 15) is 4.79 Å². The van der Waals surface area contributed by atoms with E-state index in [1.54, 1.807) is 19.9 Å². The Balaban J connectivity index is 1.92. The zero-order valence-corrected chi connectivity index (χ0v) is 11.3. The van der Waals surface area contributed by atoms with Crippen LogP contribution >= 0.6 is 23.1 Å². The average molecular weight is 285 g/mol. The minimum atomic E-state index is -0.331. The van der Waals surface area contributed by atoms with Gasteiger partial charge in [0.05, 0.1) is 10.9 Å². The first kappa shape index (κ1) is 12.8. The van der Waals surface area contributed by atoms with Gasteiger partial charge in [0, 0.05) is 6.07 Å². The van der Waals surface area contributed by atoms with Crippen LogP contribution in [0.25, 0.3) is 0 Å². The zero-order valence-electron chi connectivity index (χ0n) is 9.71. The average Bonchev–Trinajstić information content (AvgIpc) is 2.88. The Morgan fingerprint density at radius 1 is 1.61 bits per heavy atom. The number of nitrogen functional groups attached to an aromatic ring is 1. The number of rotatable bonds is 4. The summed E-state index contributed by atoms with van der Waals surface area (Å²) < 4.78 is 5.56. The molecule has 0 fully saturated rings. The molecule has 0 saturated heterocycles. The quantitative estimate of drug-likeness (QED) is 0.820. The van der Waals surface area contributed by atoms with Crippen molar-refractivity contribution in [2.45, 2.75) is 23.4 Å². The number of nitrogens with zero attached hydrogens (tertiary/aromatic N) is 3. The number of hydrogen-bond acceptors (Lipinski definition) is 8. The first-order chi connectivity index (χ1) is 8.54. The molecule has 0 spiro atoms. The Morgan fingerprint density at radius 3 is 2.94 bits per heavy atom. The monoisotopic (exact) mass is 285 g/mol. The van der Waals surface area contributed by atoms with Gasteiger partial charge >= 0.3 is 0 Å². The summed E-state index contributed by atoms with van der Waals surface area (Å²) >= 11 is 2.54. The van der Waals surface area contributed by atoms with Gasteiger partial charge in [0.25, 0.3) is 0 Å². The lowest BCUT2D eigenvalue weighted by atomic mass is 10.4. The minimum Gasteiger partial charge on any atom is -0.374 e. The van der Waals surface area contributed by atoms with Crippen molar-refractivity contribution in [2.75, 3.05) is 11.1 Å². The van der Waals surface area contributed by atoms with E-state index in [1.807, 2.05) is 0 Å². The highest BCUT2D eigenvalue weighted by Gasteiger charge is 2.18. The third-order valence-electron chi connectivity index (χ3n) is 1.94. The third-order valence-corrected chi connectivity index (χ3v) is 3.88. The summed E-state index contributed by atoms with van der Waals surface area (Å²) in [6.07, 6.45) is 0. The summed E-state index contributed by atoms with van der Waals surface area (Å²) in [7, 11) is 0. The molecule has 0 saturated carbocycles. The molecule has 0 aliphatic heterocycles. The second kappa shape index (κ2) is 5.36. The molecule has 96 valence electrons. The molecule has 2 rings (SSSR count). The molecule has 18 heavy (non-hydrogen) atoms. The van der Waals surface area contributed by atoms with E-state index in [4.69, 9.17) is 10.3 Å². The number of hydrogen-bond donors (Lipinski definition) is 2. The predicted octanol–water partition coefficient (Wildman–Crippen LogP) is 1.54. The van der Waals surface area contributed by atoms with Crippen LogP contribution < -0.4 is 11.1 Å². The van der Waals surface area contributed by atoms with Crippen molar-refractivity contribution in [1.29, 1.82) is 0 Å². The number of aryl methyl sites for hydroxylation is 1. The molecule has 1 atom stereocenters. The number of nitrogens with one attached hydrogen (secondary N) is 1. The molecule has 0 radical (unpaired) electrons. The van der Waals surface area contributed by atoms with E-state index in [0.29, 0.717) is 21.0 Å². The summed E-state index contributed by atoms with van der Waals surface area (Å²) in [6, 6.07) is 1.65. The molecule has 7 nitrogen and oxygen atoms in total. The first-order valence-electron chi connectivity index (χ1n) is 5.04. The number of carbonyl (C=O) groups excluding carboxylic acids is 1. The van der Waals surface area contributed by atoms with Crippen molar-refractivity contribution in [3.63, 3.8) is 0 Å². The summed E-state index contributed by atoms with van der Waals surface area (Å²) in [5.41, 5.74) is 6.18. The summed E-state index contributed by atoms with van der Waals surface area (Å²) in [5, 5.41) is 13.9. The van der Waals surface area contributed by atoms with Gasteiger partial charge in [0.2, 0.25) is 16.9 Å². The molecular weight excluding hydrogens is 274 g/mol. The second-order valence-corrected chi connectivity index (χ2v) is 6.09. The van der Waals surface area contributed by atoms with E-state index in [-0.39, 0.29) is 11.2 Å². The molecule has 2 heterocycles. The van der Waals surface area contributed by atoms with Gasteiger partial charge < -0.3 is 10.3 Å². The van der Waals surface area contributed by atoms with E-state index in [1.165, 1.54) is 23.1 Å². The van der Waals surface area contributed by atoms with E-state index in [2.05, 4.69) is 20.7 Å². The van der Waals surface area contributed by atoms with Crippen LogP contribution in [0.1, 0.15) is 12.6 Å². The number of carbonyl (C=O) groups is 1. The topological polar surface area (TPSA) is 107 Å². The van der Waals surface area contributed by atoms with Crippen molar-refractivity contribution >= 4 is 40.0 Å².